The Kier molecular flexibility index (Phi) is 8.07. The zero-order valence-electron chi connectivity index (χ0n) is 21.9. The molecule has 0 aromatic heterocycles. The molecule has 5 rings (SSSR count). The molecule has 0 spiro atoms. The maximum atomic E-state index is 7.33. The average Bonchev–Trinajstić information content (AvgIpc) is 2.98. The van der Waals surface area contributed by atoms with Crippen LogP contribution in [0.15, 0.2) is 140 Å². The van der Waals surface area contributed by atoms with Crippen LogP contribution in [0.25, 0.3) is 11.1 Å². The summed E-state index contributed by atoms with van der Waals surface area (Å²) >= 11 is 11.8. The van der Waals surface area contributed by atoms with E-state index in [-0.39, 0.29) is 0 Å². The van der Waals surface area contributed by atoms with Gasteiger partial charge >= 0.3 is 245 Å². The quantitative estimate of drug-likeness (QED) is 0.128. The Labute approximate surface area is 244 Å². The number of benzene rings is 5. The molecule has 5 aromatic carbocycles. The van der Waals surface area contributed by atoms with E-state index in [1.54, 1.807) is 0 Å². The summed E-state index contributed by atoms with van der Waals surface area (Å²) in [5.74, 6) is 1.44. The fourth-order valence-electron chi connectivity index (χ4n) is 5.07. The van der Waals surface area contributed by atoms with E-state index in [0.717, 1.165) is 22.2 Å². The van der Waals surface area contributed by atoms with Crippen molar-refractivity contribution in [3.05, 3.63) is 151 Å². The van der Waals surface area contributed by atoms with Crippen molar-refractivity contribution in [2.24, 2.45) is 0 Å². The molecule has 0 atom stereocenters. The summed E-state index contributed by atoms with van der Waals surface area (Å²) in [4.78, 5) is 0. The molecule has 0 radical (unpaired) electrons. The van der Waals surface area contributed by atoms with E-state index in [2.05, 4.69) is 119 Å². The first-order chi connectivity index (χ1) is 18.9. The molecule has 5 aromatic rings. The summed E-state index contributed by atoms with van der Waals surface area (Å²) in [5.41, 5.74) is -1.60. The zero-order valence-corrected chi connectivity index (χ0v) is 25.2. The van der Waals surface area contributed by atoms with E-state index >= 15 is 0 Å². The van der Waals surface area contributed by atoms with E-state index < -0.39 is 5.46 Å². The van der Waals surface area contributed by atoms with Crippen LogP contribution in [0.2, 0.25) is 0 Å². The normalized spacial score (nSPS) is 13.1. The van der Waals surface area contributed by atoms with Crippen molar-refractivity contribution < 1.29 is 4.74 Å². The van der Waals surface area contributed by atoms with Crippen molar-refractivity contribution in [2.75, 3.05) is 14.1 Å². The second-order valence-corrected chi connectivity index (χ2v) is 18.2. The number of halogens is 2. The summed E-state index contributed by atoms with van der Waals surface area (Å²) in [6.45, 7) is 0. The number of ether oxygens (including phenoxy) is 1. The standard InChI is InChI=1S/C34H30BrClNOP/c1-37(2)39(35,29-20-11-5-12-21-29,30-22-13-6-14-23-30)33-25-15-24-32(38-28-18-9-4-10-19-28)34(33)31(36)26-27-16-7-3-8-17-27/h3-26H,1-2H3. The van der Waals surface area contributed by atoms with Crippen LogP contribution in [-0.2, 0) is 0 Å². The van der Waals surface area contributed by atoms with E-state index in [0.29, 0.717) is 10.8 Å². The van der Waals surface area contributed by atoms with Crippen LogP contribution in [0.3, 0.4) is 0 Å². The van der Waals surface area contributed by atoms with Gasteiger partial charge in [0.1, 0.15) is 0 Å². The summed E-state index contributed by atoms with van der Waals surface area (Å²) in [6, 6.07) is 47.5. The number of hydrogen-bond acceptors (Lipinski definition) is 2. The molecule has 0 N–H and O–H groups in total. The SMILES string of the molecule is CN(C)P(Br)(c1ccccc1)(c1ccccc1)c1cccc(Oc2ccccc2)c1C(Cl)=Cc1ccccc1. The van der Waals surface area contributed by atoms with Crippen molar-refractivity contribution in [3.8, 4) is 11.5 Å². The third-order valence-electron chi connectivity index (χ3n) is 6.95. The third kappa shape index (κ3) is 4.97. The number of nitrogens with zero attached hydrogens (tertiary/aromatic N) is 1. The monoisotopic (exact) mass is 613 g/mol. The summed E-state index contributed by atoms with van der Waals surface area (Å²) in [5, 5.41) is 4.00. The van der Waals surface area contributed by atoms with Gasteiger partial charge in [-0.3, -0.25) is 0 Å². The van der Waals surface area contributed by atoms with E-state index in [4.69, 9.17) is 16.3 Å². The second-order valence-electron chi connectivity index (χ2n) is 9.45. The minimum atomic E-state index is -3.46. The van der Waals surface area contributed by atoms with Crippen LogP contribution in [-0.4, -0.2) is 18.8 Å². The van der Waals surface area contributed by atoms with Gasteiger partial charge in [0.2, 0.25) is 0 Å². The van der Waals surface area contributed by atoms with Gasteiger partial charge in [-0.25, -0.2) is 0 Å². The van der Waals surface area contributed by atoms with Crippen LogP contribution in [0.5, 0.6) is 11.5 Å². The van der Waals surface area contributed by atoms with Gasteiger partial charge in [-0.15, -0.1) is 0 Å². The van der Waals surface area contributed by atoms with Crippen molar-refractivity contribution in [2.45, 2.75) is 0 Å². The van der Waals surface area contributed by atoms with Gasteiger partial charge in [-0.2, -0.15) is 0 Å². The van der Waals surface area contributed by atoms with Gasteiger partial charge in [-0.05, 0) is 0 Å². The Morgan fingerprint density at radius 3 is 1.67 bits per heavy atom. The van der Waals surface area contributed by atoms with Crippen molar-refractivity contribution in [1.29, 1.82) is 0 Å². The van der Waals surface area contributed by atoms with E-state index in [1.165, 1.54) is 10.6 Å². The molecule has 0 saturated carbocycles. The Hall–Kier alpha value is -3.20. The minimum absolute atomic E-state index is 0.602. The van der Waals surface area contributed by atoms with Crippen molar-refractivity contribution in [1.82, 2.24) is 4.67 Å². The van der Waals surface area contributed by atoms with Crippen LogP contribution >= 0.6 is 32.5 Å². The molecule has 0 aliphatic rings. The Bertz CT molecular complexity index is 1540. The Balaban J connectivity index is 1.90. The second kappa shape index (κ2) is 11.5. The molecule has 39 heavy (non-hydrogen) atoms. The van der Waals surface area contributed by atoms with Crippen LogP contribution in [0, 0.1) is 0 Å². The molecule has 2 nitrogen and oxygen atoms in total. The Morgan fingerprint density at radius 1 is 0.667 bits per heavy atom. The predicted octanol–water partition coefficient (Wildman–Crippen LogP) is 8.83. The molecule has 0 bridgehead atoms. The zero-order chi connectivity index (χ0) is 27.3. The van der Waals surface area contributed by atoms with Gasteiger partial charge in [0.05, 0.1) is 0 Å². The summed E-state index contributed by atoms with van der Waals surface area (Å²) < 4.78 is 8.88. The Morgan fingerprint density at radius 2 is 1.15 bits per heavy atom. The predicted molar refractivity (Wildman–Crippen MR) is 174 cm³/mol. The molecule has 0 heterocycles. The van der Waals surface area contributed by atoms with Crippen molar-refractivity contribution >= 4 is 59.6 Å². The van der Waals surface area contributed by atoms with E-state index in [1.807, 2.05) is 60.7 Å². The maximum absolute atomic E-state index is 7.33. The first kappa shape index (κ1) is 27.4. The fraction of sp³-hybridized carbons (Fsp3) is 0.0588. The topological polar surface area (TPSA) is 12.5 Å². The van der Waals surface area contributed by atoms with Crippen LogP contribution < -0.4 is 20.7 Å². The molecule has 0 aliphatic heterocycles. The molecule has 0 amide bonds. The summed E-state index contributed by atoms with van der Waals surface area (Å²) in [7, 11) is 4.27. The summed E-state index contributed by atoms with van der Waals surface area (Å²) in [6.07, 6.45) is 2.01. The van der Waals surface area contributed by atoms with Gasteiger partial charge in [0, 0.05) is 0 Å². The molecule has 0 aliphatic carbocycles. The molecule has 0 unspecified atom stereocenters. The number of rotatable bonds is 8. The molecular formula is C34H30BrClNOP. The van der Waals surface area contributed by atoms with Crippen LogP contribution in [0.1, 0.15) is 11.1 Å². The van der Waals surface area contributed by atoms with Gasteiger partial charge in [0.15, 0.2) is 0 Å². The first-order valence-electron chi connectivity index (χ1n) is 12.7. The molecule has 5 heteroatoms. The molecule has 0 fully saturated rings. The molecular weight excluding hydrogens is 585 g/mol. The van der Waals surface area contributed by atoms with Crippen molar-refractivity contribution in [3.63, 3.8) is 0 Å². The van der Waals surface area contributed by atoms with Crippen LogP contribution in [0.4, 0.5) is 0 Å². The number of hydrogen-bond donors (Lipinski definition) is 0. The average molecular weight is 615 g/mol. The van der Waals surface area contributed by atoms with E-state index in [9.17, 15) is 0 Å². The van der Waals surface area contributed by atoms with Gasteiger partial charge < -0.3 is 0 Å². The van der Waals surface area contributed by atoms with Gasteiger partial charge in [-0.1, -0.05) is 0 Å². The number of para-hydroxylation sites is 1. The third-order valence-corrected chi connectivity index (χ3v) is 18.0. The molecule has 0 saturated heterocycles. The van der Waals surface area contributed by atoms with Gasteiger partial charge in [0.25, 0.3) is 0 Å². The first-order valence-corrected chi connectivity index (χ1v) is 17.3. The molecule has 196 valence electrons. The fourth-order valence-corrected chi connectivity index (χ4v) is 12.4.